The minimum absolute atomic E-state index is 0.131. The number of aromatic nitrogens is 4. The topological polar surface area (TPSA) is 123 Å². The Morgan fingerprint density at radius 3 is 2.44 bits per heavy atom. The minimum Gasteiger partial charge on any atom is -0.444 e. The highest BCUT2D eigenvalue weighted by Gasteiger charge is 2.28. The van der Waals surface area contributed by atoms with E-state index in [2.05, 4.69) is 19.4 Å². The number of primary amides is 1. The van der Waals surface area contributed by atoms with E-state index >= 15 is 0 Å². The van der Waals surface area contributed by atoms with E-state index in [9.17, 15) is 9.59 Å². The largest absolute Gasteiger partial charge is 0.444 e. The monoisotopic (exact) mass is 537 g/mol. The van der Waals surface area contributed by atoms with Crippen LogP contribution in [0.3, 0.4) is 0 Å². The zero-order chi connectivity index (χ0) is 30.4. The number of pyridine rings is 1. The second kappa shape index (κ2) is 10.3. The Morgan fingerprint density at radius 2 is 1.85 bits per heavy atom. The van der Waals surface area contributed by atoms with Crippen molar-refractivity contribution in [3.63, 3.8) is 0 Å². The molecule has 4 heterocycles. The highest BCUT2D eigenvalue weighted by atomic mass is 16.6. The van der Waals surface area contributed by atoms with E-state index in [0.717, 1.165) is 42.0 Å². The summed E-state index contributed by atoms with van der Waals surface area (Å²) >= 11 is 0. The number of rotatable bonds is 4. The molecule has 2 fully saturated rings. The Hall–Kier alpha value is -3.89. The lowest BCUT2D eigenvalue weighted by Gasteiger charge is -2.36. The first-order chi connectivity index (χ1) is 19.7. The van der Waals surface area contributed by atoms with E-state index in [4.69, 9.17) is 19.6 Å². The lowest BCUT2D eigenvalue weighted by molar-refractivity contribution is 0.0240. The summed E-state index contributed by atoms with van der Waals surface area (Å²) in [6.07, 6.45) is 5.41. The zero-order valence-corrected chi connectivity index (χ0v) is 23.0. The van der Waals surface area contributed by atoms with Crippen LogP contribution < -0.4 is 15.5 Å². The number of fused-ring (bicyclic) bond motifs is 1. The number of urea groups is 1. The van der Waals surface area contributed by atoms with Crippen LogP contribution in [0.15, 0.2) is 24.4 Å². The molecule has 2 N–H and O–H groups in total. The van der Waals surface area contributed by atoms with Crippen molar-refractivity contribution < 1.29 is 18.4 Å². The van der Waals surface area contributed by atoms with Crippen LogP contribution in [0.1, 0.15) is 68.0 Å². The van der Waals surface area contributed by atoms with Crippen molar-refractivity contribution in [1.82, 2.24) is 24.4 Å². The van der Waals surface area contributed by atoms with Gasteiger partial charge in [-0.15, -0.1) is 0 Å². The van der Waals surface area contributed by atoms with Crippen molar-refractivity contribution in [1.29, 1.82) is 0 Å². The lowest BCUT2D eigenvalue weighted by Crippen LogP contribution is -2.50. The van der Waals surface area contributed by atoms with Gasteiger partial charge in [0.1, 0.15) is 17.1 Å². The van der Waals surface area contributed by atoms with Crippen LogP contribution in [0.2, 0.25) is 0 Å². The number of hydrogen-bond donors (Lipinski definition) is 1. The van der Waals surface area contributed by atoms with Gasteiger partial charge in [-0.2, -0.15) is 4.98 Å². The third-order valence-electron chi connectivity index (χ3n) is 7.24. The van der Waals surface area contributed by atoms with Crippen molar-refractivity contribution >= 4 is 40.6 Å². The van der Waals surface area contributed by atoms with E-state index in [1.54, 1.807) is 23.2 Å². The molecule has 1 saturated carbocycles. The van der Waals surface area contributed by atoms with Crippen molar-refractivity contribution in [3.8, 4) is 0 Å². The second-order valence-electron chi connectivity index (χ2n) is 11.2. The molecule has 0 aromatic carbocycles. The van der Waals surface area contributed by atoms with Crippen LogP contribution in [-0.2, 0) is 4.74 Å². The summed E-state index contributed by atoms with van der Waals surface area (Å²) in [5.74, 6) is 0.0369. The van der Waals surface area contributed by atoms with Gasteiger partial charge in [-0.1, -0.05) is 12.8 Å². The average molecular weight is 538 g/mol. The predicted molar refractivity (Wildman–Crippen MR) is 150 cm³/mol. The maximum absolute atomic E-state index is 12.8. The molecule has 1 aliphatic carbocycles. The van der Waals surface area contributed by atoms with E-state index in [1.165, 1.54) is 0 Å². The van der Waals surface area contributed by atoms with Gasteiger partial charge in [0.15, 0.2) is 0 Å². The first kappa shape index (κ1) is 23.0. The fourth-order valence-electron chi connectivity index (χ4n) is 5.42. The summed E-state index contributed by atoms with van der Waals surface area (Å²) in [5, 5.41) is 0.446. The van der Waals surface area contributed by atoms with Gasteiger partial charge in [0.2, 0.25) is 5.95 Å². The molecule has 11 nitrogen and oxygen atoms in total. The fraction of sp³-hybridized carbons (Fsp3) is 0.536. The van der Waals surface area contributed by atoms with Crippen LogP contribution in [0, 0.1) is 13.8 Å². The van der Waals surface area contributed by atoms with Gasteiger partial charge in [-0.3, -0.25) is 0 Å². The van der Waals surface area contributed by atoms with E-state index in [-0.39, 0.29) is 29.6 Å². The van der Waals surface area contributed by atoms with E-state index in [1.807, 2.05) is 33.8 Å². The second-order valence-corrected chi connectivity index (χ2v) is 11.2. The van der Waals surface area contributed by atoms with Crippen LogP contribution in [0.25, 0.3) is 11.0 Å². The van der Waals surface area contributed by atoms with Gasteiger partial charge >= 0.3 is 12.1 Å². The molecule has 3 aromatic rings. The minimum atomic E-state index is -2.54. The summed E-state index contributed by atoms with van der Waals surface area (Å²) in [4.78, 5) is 43.5. The Bertz CT molecular complexity index is 1470. The number of carbonyl (C=O) groups excluding carboxylic acids is 2. The molecule has 0 radical (unpaired) electrons. The summed E-state index contributed by atoms with van der Waals surface area (Å²) in [6.45, 7) is 7.07. The molecule has 0 spiro atoms. The molecule has 1 aliphatic heterocycles. The first-order valence-electron chi connectivity index (χ1n) is 14.9. The first-order valence-corrected chi connectivity index (χ1v) is 13.4. The number of ether oxygens (including phenoxy) is 1. The Kier molecular flexibility index (Phi) is 6.11. The van der Waals surface area contributed by atoms with Gasteiger partial charge in [0.05, 0.1) is 17.6 Å². The number of piperazine rings is 1. The molecule has 3 aromatic heterocycles. The van der Waals surface area contributed by atoms with Crippen LogP contribution in [0.5, 0.6) is 0 Å². The molecule has 0 bridgehead atoms. The third kappa shape index (κ3) is 5.48. The Labute approximate surface area is 233 Å². The Morgan fingerprint density at radius 1 is 1.13 bits per heavy atom. The van der Waals surface area contributed by atoms with Gasteiger partial charge in [0, 0.05) is 47.4 Å². The van der Waals surface area contributed by atoms with Crippen molar-refractivity contribution in [2.24, 2.45) is 5.73 Å². The number of nitrogens with zero attached hydrogens (tertiary/aromatic N) is 7. The molecule has 1 saturated heterocycles. The molecule has 0 atom stereocenters. The normalized spacial score (nSPS) is 18.1. The van der Waals surface area contributed by atoms with Gasteiger partial charge in [-0.25, -0.2) is 24.5 Å². The maximum atomic E-state index is 12.8. The highest BCUT2D eigenvalue weighted by molar-refractivity contribution is 5.96. The van der Waals surface area contributed by atoms with Crippen LogP contribution in [-0.4, -0.2) is 68.3 Å². The number of nitrogens with two attached hydrogens (primary N) is 1. The standard InChI is InChI=1S/C28H38N8O3/c1-18-16-22-19(2)31-26(32-24(22)35(18)20-8-6-7-9-20)36(25(29)37)23-11-10-21(17-30-23)33-12-14-34(15-13-33)27(38)39-28(3,4)5/h10-11,16-17,20H,6-9,12-15H2,1-5H3,(H2,29,37)/i2D3. The fourth-order valence-corrected chi connectivity index (χ4v) is 5.42. The quantitative estimate of drug-likeness (QED) is 0.506. The SMILES string of the molecule is [2H]C([2H])([2H])c1nc(N(C(N)=O)c2ccc(N3CCN(C(=O)OC(C)(C)C)CC3)cn2)nc2c1cc(C)n2C1CCCC1. The summed E-state index contributed by atoms with van der Waals surface area (Å²) in [6, 6.07) is 4.56. The summed E-state index contributed by atoms with van der Waals surface area (Å²) in [5.41, 5.74) is 7.28. The molecule has 5 rings (SSSR count). The summed E-state index contributed by atoms with van der Waals surface area (Å²) in [7, 11) is 0. The summed E-state index contributed by atoms with van der Waals surface area (Å²) < 4.78 is 32.0. The number of anilines is 3. The van der Waals surface area contributed by atoms with Gasteiger partial charge in [-0.05, 0) is 65.6 Å². The molecule has 2 aliphatic rings. The van der Waals surface area contributed by atoms with Gasteiger partial charge in [0.25, 0.3) is 0 Å². The number of hydrogen-bond acceptors (Lipinski definition) is 7. The molecule has 0 unspecified atom stereocenters. The van der Waals surface area contributed by atoms with E-state index < -0.39 is 18.5 Å². The van der Waals surface area contributed by atoms with Crippen molar-refractivity contribution in [3.05, 3.63) is 35.8 Å². The van der Waals surface area contributed by atoms with Crippen LogP contribution in [0.4, 0.5) is 27.0 Å². The molecule has 3 amide bonds. The van der Waals surface area contributed by atoms with Crippen molar-refractivity contribution in [2.45, 2.75) is 71.9 Å². The van der Waals surface area contributed by atoms with Crippen LogP contribution >= 0.6 is 0 Å². The highest BCUT2D eigenvalue weighted by Crippen LogP contribution is 2.35. The Balaban J connectivity index is 1.43. The molecule has 39 heavy (non-hydrogen) atoms. The number of aryl methyl sites for hydroxylation is 2. The average Bonchev–Trinajstić information content (AvgIpc) is 3.54. The lowest BCUT2D eigenvalue weighted by atomic mass is 10.2. The smallest absolute Gasteiger partial charge is 0.410 e. The molecule has 208 valence electrons. The van der Waals surface area contributed by atoms with E-state index in [0.29, 0.717) is 37.2 Å². The zero-order valence-electron chi connectivity index (χ0n) is 26.0. The third-order valence-corrected chi connectivity index (χ3v) is 7.24. The number of carbonyl (C=O) groups is 2. The van der Waals surface area contributed by atoms with Crippen molar-refractivity contribution in [2.75, 3.05) is 36.0 Å². The molecular weight excluding hydrogens is 496 g/mol. The number of amides is 3. The molecular formula is C28H38N8O3. The maximum Gasteiger partial charge on any atom is 0.410 e. The van der Waals surface area contributed by atoms with Gasteiger partial charge < -0.3 is 24.8 Å². The predicted octanol–water partition coefficient (Wildman–Crippen LogP) is 4.83. The molecule has 11 heteroatoms.